The highest BCUT2D eigenvalue weighted by Gasteiger charge is 2.30. The Labute approximate surface area is 564 Å². The lowest BCUT2D eigenvalue weighted by atomic mass is 10.0. The average Bonchev–Trinajstić information content (AvgIpc) is 0.772. The van der Waals surface area contributed by atoms with Crippen LogP contribution in [0.15, 0.2) is 134 Å². The van der Waals surface area contributed by atoms with E-state index in [1.165, 1.54) is 66.7 Å². The van der Waals surface area contributed by atoms with Crippen molar-refractivity contribution in [3.05, 3.63) is 114 Å². The van der Waals surface area contributed by atoms with Crippen molar-refractivity contribution < 1.29 is 80.0 Å². The topological polar surface area (TPSA) is 617 Å². The predicted molar refractivity (Wildman–Crippen MR) is 351 cm³/mol. The Kier molecular flexibility index (Phi) is 24.4. The van der Waals surface area contributed by atoms with Gasteiger partial charge in [0.05, 0.1) is 14.7 Å². The van der Waals surface area contributed by atoms with Gasteiger partial charge in [-0.3, -0.25) is 37.9 Å². The summed E-state index contributed by atoms with van der Waals surface area (Å²) in [4.78, 5) is 92.1. The normalized spacial score (nSPS) is 12.1. The number of hydrogen-bond acceptors (Lipinski definition) is 27. The number of anilines is 10. The molecule has 2 heterocycles. The van der Waals surface area contributed by atoms with Crippen LogP contribution in [0.5, 0.6) is 0 Å². The van der Waals surface area contributed by atoms with E-state index in [0.29, 0.717) is 0 Å². The summed E-state index contributed by atoms with van der Waals surface area (Å²) in [6, 6.07) is 21.2. The molecule has 0 atom stereocenters. The summed E-state index contributed by atoms with van der Waals surface area (Å²) in [5.74, 6) is -6.96. The van der Waals surface area contributed by atoms with Crippen LogP contribution < -0.4 is 61.0 Å². The summed E-state index contributed by atoms with van der Waals surface area (Å²) in [7, 11) is -24.1. The van der Waals surface area contributed by atoms with E-state index in [9.17, 15) is 80.0 Å². The van der Waals surface area contributed by atoms with Crippen molar-refractivity contribution in [3.63, 3.8) is 0 Å². The van der Waals surface area contributed by atoms with E-state index in [1.54, 1.807) is 0 Å². The highest BCUT2D eigenvalue weighted by Crippen LogP contribution is 2.37. The summed E-state index contributed by atoms with van der Waals surface area (Å²) in [6.07, 6.45) is -2.45. The fourth-order valence-electron chi connectivity index (χ4n) is 8.84. The van der Waals surface area contributed by atoms with Gasteiger partial charge in [0.15, 0.2) is 0 Å². The molecular weight excluding hydrogens is 1410 g/mol. The van der Waals surface area contributed by atoms with Crippen molar-refractivity contribution >= 4 is 156 Å². The Morgan fingerprint density at radius 2 is 0.571 bits per heavy atom. The monoisotopic (exact) mass is 1470 g/mol. The van der Waals surface area contributed by atoms with Crippen LogP contribution in [0.1, 0.15) is 38.5 Å². The molecule has 0 fully saturated rings. The van der Waals surface area contributed by atoms with Crippen molar-refractivity contribution in [1.29, 1.82) is 0 Å². The van der Waals surface area contributed by atoms with E-state index in [-0.39, 0.29) is 81.0 Å². The van der Waals surface area contributed by atoms with Gasteiger partial charge in [0.25, 0.3) is 20.2 Å². The number of hydrogen-bond donors (Lipinski definition) is 13. The molecule has 6 amide bonds. The number of nitrogens with one attached hydrogen (secondary N) is 5. The lowest BCUT2D eigenvalue weighted by Crippen LogP contribution is -2.36. The first-order valence-corrected chi connectivity index (χ1v) is 35.7. The molecule has 522 valence electrons. The van der Waals surface area contributed by atoms with Crippen molar-refractivity contribution in [2.75, 3.05) is 65.9 Å². The molecule has 0 aliphatic rings. The van der Waals surface area contributed by atoms with Crippen LogP contribution in [0, 0.1) is 0 Å². The Balaban J connectivity index is 1.23. The summed E-state index contributed by atoms with van der Waals surface area (Å²) in [6.45, 7) is -2.47. The van der Waals surface area contributed by atoms with E-state index in [1.807, 2.05) is 0 Å². The number of carbonyl (C=O) groups excluding carboxylic acids is 6. The summed E-state index contributed by atoms with van der Waals surface area (Å²) >= 11 is 6.24. The Bertz CT molecular complexity index is 4660. The molecule has 5 aromatic carbocycles. The van der Waals surface area contributed by atoms with Gasteiger partial charge in [-0.15, -0.1) is 0 Å². The van der Waals surface area contributed by atoms with Gasteiger partial charge in [-0.05, 0) is 90.5 Å². The van der Waals surface area contributed by atoms with Gasteiger partial charge in [0.1, 0.15) is 9.79 Å². The van der Waals surface area contributed by atoms with Crippen molar-refractivity contribution in [2.24, 2.45) is 34.4 Å². The van der Waals surface area contributed by atoms with Crippen LogP contribution in [-0.2, 0) is 79.1 Å². The second kappa shape index (κ2) is 31.8. The zero-order valence-corrected chi connectivity index (χ0v) is 55.6. The van der Waals surface area contributed by atoms with Gasteiger partial charge in [0, 0.05) is 117 Å². The van der Waals surface area contributed by atoms with Gasteiger partial charge in [-0.2, -0.15) is 59.7 Å². The van der Waals surface area contributed by atoms with Crippen LogP contribution in [0.3, 0.4) is 0 Å². The molecule has 0 saturated heterocycles. The van der Waals surface area contributed by atoms with Gasteiger partial charge in [-0.25, -0.2) is 25.3 Å². The molecule has 19 N–H and O–H groups in total. The average molecular weight is 1470 g/mol. The third-order valence-electron chi connectivity index (χ3n) is 13.4. The third kappa shape index (κ3) is 20.9. The fraction of sp³-hybridized carbons (Fsp3) is 0.222. The van der Waals surface area contributed by atoms with Gasteiger partial charge < -0.3 is 61.0 Å². The van der Waals surface area contributed by atoms with Gasteiger partial charge >= 0.3 is 0 Å². The summed E-state index contributed by atoms with van der Waals surface area (Å²) < 4.78 is 160. The number of rotatable bonds is 37. The van der Waals surface area contributed by atoms with Crippen LogP contribution in [-0.4, -0.2) is 169 Å². The summed E-state index contributed by atoms with van der Waals surface area (Å²) in [5.41, 5.74) is 30.2. The van der Waals surface area contributed by atoms with Crippen LogP contribution in [0.25, 0.3) is 11.1 Å². The maximum absolute atomic E-state index is 14.0. The molecule has 0 unspecified atom stereocenters. The SMILES string of the molecule is NC(=O)CCN(CCC(N)=O)S(=O)(=O)c1cccc(Nc2nc(Cl)nc(Nc3ccc(-c4ccc(Nc5nc(Nc6cccc(S(=O)(=O)N(CCC(N)=O)CCC(N)=O)c6)nc(Nc6cccc(S(=O)(=O)N(CCC(N)=O)CCC(N)=O)c6)n5)cc4S(=O)(=O)O)c(S(=O)(=O)O)c3)n2)c1. The number of benzene rings is 5. The first-order valence-electron chi connectivity index (χ1n) is 28.1. The number of sulfonamides is 3. The Hall–Kier alpha value is -10.2. The first kappa shape index (κ1) is 75.2. The summed E-state index contributed by atoms with van der Waals surface area (Å²) in [5, 5.41) is 13.3. The van der Waals surface area contributed by atoms with E-state index in [4.69, 9.17) is 46.0 Å². The molecular formula is C54H61ClN20O18S5. The smallest absolute Gasteiger partial charge is 0.295 e. The number of nitrogens with zero attached hydrogens (tertiary/aromatic N) is 9. The molecule has 2 aromatic heterocycles. The van der Waals surface area contributed by atoms with Gasteiger partial charge in [-0.1, -0.05) is 30.3 Å². The van der Waals surface area contributed by atoms with Crippen LogP contribution in [0.2, 0.25) is 5.28 Å². The number of primary amides is 6. The number of carbonyl (C=O) groups is 6. The number of halogens is 1. The van der Waals surface area contributed by atoms with E-state index in [2.05, 4.69) is 56.5 Å². The van der Waals surface area contributed by atoms with Crippen molar-refractivity contribution in [1.82, 2.24) is 42.8 Å². The van der Waals surface area contributed by atoms with Crippen LogP contribution >= 0.6 is 11.6 Å². The molecule has 0 aliphatic carbocycles. The molecule has 0 aliphatic heterocycles. The van der Waals surface area contributed by atoms with Gasteiger partial charge in [0.2, 0.25) is 101 Å². The zero-order valence-electron chi connectivity index (χ0n) is 50.7. The molecule has 0 spiro atoms. The molecule has 0 bridgehead atoms. The highest BCUT2D eigenvalue weighted by molar-refractivity contribution is 7.89. The largest absolute Gasteiger partial charge is 0.370 e. The zero-order chi connectivity index (χ0) is 72.1. The molecule has 44 heteroatoms. The lowest BCUT2D eigenvalue weighted by Gasteiger charge is -2.21. The number of amides is 6. The van der Waals surface area contributed by atoms with Crippen molar-refractivity contribution in [3.8, 4) is 11.1 Å². The first-order chi connectivity index (χ1) is 45.9. The molecule has 98 heavy (non-hydrogen) atoms. The predicted octanol–water partition coefficient (Wildman–Crippen LogP) is 0.813. The number of aromatic nitrogens is 6. The number of nitrogens with two attached hydrogens (primary N) is 6. The minimum absolute atomic E-state index is 0.0218. The minimum Gasteiger partial charge on any atom is -0.370 e. The third-order valence-corrected chi connectivity index (χ3v) is 21.0. The quantitative estimate of drug-likeness (QED) is 0.0240. The second-order valence-electron chi connectivity index (χ2n) is 20.6. The lowest BCUT2D eigenvalue weighted by molar-refractivity contribution is -0.119. The van der Waals surface area contributed by atoms with E-state index >= 15 is 0 Å². The molecule has 0 radical (unpaired) electrons. The maximum Gasteiger partial charge on any atom is 0.295 e. The fourth-order valence-corrected chi connectivity index (χ4v) is 14.9. The maximum atomic E-state index is 14.0. The van der Waals surface area contributed by atoms with E-state index in [0.717, 1.165) is 55.4 Å². The highest BCUT2D eigenvalue weighted by atomic mass is 35.5. The molecule has 0 saturated carbocycles. The molecule has 38 nitrogen and oxygen atoms in total. The Morgan fingerprint density at radius 1 is 0.347 bits per heavy atom. The minimum atomic E-state index is -5.38. The second-order valence-corrected chi connectivity index (χ2v) is 29.6. The van der Waals surface area contributed by atoms with Crippen molar-refractivity contribution in [2.45, 2.75) is 63.0 Å². The van der Waals surface area contributed by atoms with E-state index < -0.39 is 182 Å². The Morgan fingerprint density at radius 3 is 0.796 bits per heavy atom. The molecule has 7 aromatic rings. The van der Waals surface area contributed by atoms with Crippen LogP contribution in [0.4, 0.5) is 58.2 Å². The standard InChI is InChI=1S/C54H61ClN20O18S5/c55-49-67-50(62-31-4-1-7-36(26-31)94(82,83)73(20-14-43(56)76)21-15-44(57)77)69-51(68-49)65-34-10-12-39(41(29-34)97(88,89)90)40-13-11-35(30-42(40)98(91,92)93)66-54-71-52(63-32-5-2-8-37(27-32)95(84,85)74(22-16-45(58)78)23-17-46(59)79)70-53(72-54)64-33-6-3-9-38(28-33)96(86,87)75(24-18-47(60)80)25-19-48(61)81/h1-13,26-30H,14-25H2,(H2,56,76)(H2,57,77)(H2,58,78)(H2,59,79)(H2,60,80)(H2,61,81)(H,88,89,90)(H,91,92,93)(H2,62,65,67,68,69)(H3,63,64,66,70,71,72). The molecule has 7 rings (SSSR count).